The minimum atomic E-state index is 0.469. The number of ether oxygens (including phenoxy) is 1. The summed E-state index contributed by atoms with van der Waals surface area (Å²) in [5.41, 5.74) is 1.05. The van der Waals surface area contributed by atoms with Crippen LogP contribution in [0.1, 0.15) is 10.4 Å². The highest BCUT2D eigenvalue weighted by Gasteiger charge is 2.02. The van der Waals surface area contributed by atoms with Gasteiger partial charge in [0, 0.05) is 5.56 Å². The highest BCUT2D eigenvalue weighted by molar-refractivity contribution is 5.81. The molecule has 0 bridgehead atoms. The number of hydrogen-bond acceptors (Lipinski definition) is 3. The average molecular weight is 179 g/mol. The van der Waals surface area contributed by atoms with Gasteiger partial charge in [-0.05, 0) is 18.2 Å². The van der Waals surface area contributed by atoms with Gasteiger partial charge in [0.25, 0.3) is 0 Å². The highest BCUT2D eigenvalue weighted by Crippen LogP contribution is 2.24. The van der Waals surface area contributed by atoms with E-state index in [-0.39, 0.29) is 0 Å². The van der Waals surface area contributed by atoms with E-state index in [9.17, 15) is 9.59 Å². The Kier molecular flexibility index (Phi) is 3.03. The van der Waals surface area contributed by atoms with Crippen molar-refractivity contribution in [2.45, 2.75) is 0 Å². The summed E-state index contributed by atoms with van der Waals surface area (Å²) in [7, 11) is 1.47. The van der Waals surface area contributed by atoms with Crippen molar-refractivity contribution in [3.05, 3.63) is 23.8 Å². The molecule has 0 atom stereocenters. The molecule has 4 nitrogen and oxygen atoms in total. The fourth-order valence-corrected chi connectivity index (χ4v) is 0.964. The maximum absolute atomic E-state index is 10.4. The van der Waals surface area contributed by atoms with Crippen molar-refractivity contribution in [1.82, 2.24) is 0 Å². The van der Waals surface area contributed by atoms with Gasteiger partial charge in [-0.15, -0.1) is 0 Å². The van der Waals surface area contributed by atoms with Crippen LogP contribution < -0.4 is 10.1 Å². The van der Waals surface area contributed by atoms with E-state index in [0.717, 1.165) is 0 Å². The Labute approximate surface area is 75.5 Å². The van der Waals surface area contributed by atoms with Gasteiger partial charge in [0.15, 0.2) is 0 Å². The fourth-order valence-electron chi connectivity index (χ4n) is 0.964. The number of nitrogens with one attached hydrogen (secondary N) is 1. The van der Waals surface area contributed by atoms with Gasteiger partial charge >= 0.3 is 0 Å². The molecule has 4 heteroatoms. The van der Waals surface area contributed by atoms with Gasteiger partial charge in [-0.25, -0.2) is 0 Å². The number of rotatable bonds is 4. The normalized spacial score (nSPS) is 9.00. The van der Waals surface area contributed by atoms with Crippen LogP contribution in [0.4, 0.5) is 5.69 Å². The van der Waals surface area contributed by atoms with E-state index in [1.165, 1.54) is 7.11 Å². The first kappa shape index (κ1) is 9.25. The Bertz CT molecular complexity index is 323. The zero-order chi connectivity index (χ0) is 9.68. The van der Waals surface area contributed by atoms with E-state index in [0.29, 0.717) is 29.7 Å². The van der Waals surface area contributed by atoms with Crippen LogP contribution in [0.5, 0.6) is 5.75 Å². The third-order valence-electron chi connectivity index (χ3n) is 1.58. The molecule has 0 radical (unpaired) electrons. The third kappa shape index (κ3) is 2.05. The summed E-state index contributed by atoms with van der Waals surface area (Å²) in [5.74, 6) is 0.469. The minimum Gasteiger partial charge on any atom is -0.495 e. The molecule has 0 aliphatic rings. The monoisotopic (exact) mass is 179 g/mol. The van der Waals surface area contributed by atoms with Gasteiger partial charge in [0.1, 0.15) is 12.0 Å². The predicted octanol–water partition coefficient (Wildman–Crippen LogP) is 1.08. The summed E-state index contributed by atoms with van der Waals surface area (Å²) >= 11 is 0. The van der Waals surface area contributed by atoms with Crippen LogP contribution in [-0.4, -0.2) is 19.8 Å². The Morgan fingerprint density at radius 1 is 1.38 bits per heavy atom. The predicted molar refractivity (Wildman–Crippen MR) is 48.1 cm³/mol. The molecule has 0 aliphatic carbocycles. The van der Waals surface area contributed by atoms with Gasteiger partial charge in [-0.1, -0.05) is 0 Å². The number of methoxy groups -OCH3 is 1. The second-order valence-electron chi connectivity index (χ2n) is 2.34. The van der Waals surface area contributed by atoms with Crippen LogP contribution in [0.15, 0.2) is 18.2 Å². The lowest BCUT2D eigenvalue weighted by atomic mass is 10.2. The number of carbonyl (C=O) groups excluding carboxylic acids is 2. The summed E-state index contributed by atoms with van der Waals surface area (Å²) in [6, 6.07) is 4.76. The molecule has 0 heterocycles. The SMILES string of the molecule is COc1cc(C=O)ccc1NC=O. The van der Waals surface area contributed by atoms with Crippen molar-refractivity contribution in [3.8, 4) is 5.75 Å². The van der Waals surface area contributed by atoms with Crippen molar-refractivity contribution in [2.75, 3.05) is 12.4 Å². The van der Waals surface area contributed by atoms with Crippen molar-refractivity contribution in [3.63, 3.8) is 0 Å². The maximum Gasteiger partial charge on any atom is 0.211 e. The van der Waals surface area contributed by atoms with E-state index < -0.39 is 0 Å². The Morgan fingerprint density at radius 2 is 2.15 bits per heavy atom. The van der Waals surface area contributed by atoms with Gasteiger partial charge in [0.05, 0.1) is 12.8 Å². The van der Waals surface area contributed by atoms with E-state index in [4.69, 9.17) is 4.74 Å². The minimum absolute atomic E-state index is 0.469. The lowest BCUT2D eigenvalue weighted by Gasteiger charge is -2.06. The van der Waals surface area contributed by atoms with E-state index in [1.54, 1.807) is 18.2 Å². The van der Waals surface area contributed by atoms with E-state index in [2.05, 4.69) is 5.32 Å². The number of amides is 1. The highest BCUT2D eigenvalue weighted by atomic mass is 16.5. The molecule has 68 valence electrons. The summed E-state index contributed by atoms with van der Waals surface area (Å²) in [4.78, 5) is 20.6. The lowest BCUT2D eigenvalue weighted by Crippen LogP contribution is -1.97. The number of carbonyl (C=O) groups is 2. The summed E-state index contributed by atoms with van der Waals surface area (Å²) in [6.07, 6.45) is 1.27. The smallest absolute Gasteiger partial charge is 0.211 e. The summed E-state index contributed by atoms with van der Waals surface area (Å²) < 4.78 is 4.96. The average Bonchev–Trinajstić information content (AvgIpc) is 2.19. The Balaban J connectivity index is 3.06. The number of benzene rings is 1. The van der Waals surface area contributed by atoms with Crippen molar-refractivity contribution >= 4 is 18.4 Å². The zero-order valence-corrected chi connectivity index (χ0v) is 7.11. The van der Waals surface area contributed by atoms with Crippen molar-refractivity contribution < 1.29 is 14.3 Å². The molecule has 1 amide bonds. The molecular weight excluding hydrogens is 170 g/mol. The van der Waals surface area contributed by atoms with Crippen LogP contribution >= 0.6 is 0 Å². The van der Waals surface area contributed by atoms with Gasteiger partial charge in [-0.3, -0.25) is 9.59 Å². The Hall–Kier alpha value is -1.84. The van der Waals surface area contributed by atoms with Crippen LogP contribution in [0.25, 0.3) is 0 Å². The third-order valence-corrected chi connectivity index (χ3v) is 1.58. The molecule has 0 aromatic heterocycles. The topological polar surface area (TPSA) is 55.4 Å². The first-order chi connectivity index (χ1) is 6.31. The number of aldehydes is 1. The molecule has 1 rings (SSSR count). The molecule has 0 saturated heterocycles. The van der Waals surface area contributed by atoms with Crippen molar-refractivity contribution in [1.29, 1.82) is 0 Å². The van der Waals surface area contributed by atoms with Crippen LogP contribution in [-0.2, 0) is 4.79 Å². The van der Waals surface area contributed by atoms with Crippen molar-refractivity contribution in [2.24, 2.45) is 0 Å². The number of anilines is 1. The molecule has 0 fully saturated rings. The fraction of sp³-hybridized carbons (Fsp3) is 0.111. The van der Waals surface area contributed by atoms with Gasteiger partial charge in [0.2, 0.25) is 6.41 Å². The molecule has 0 aliphatic heterocycles. The van der Waals surface area contributed by atoms with E-state index >= 15 is 0 Å². The van der Waals surface area contributed by atoms with Crippen LogP contribution in [0, 0.1) is 0 Å². The van der Waals surface area contributed by atoms with Crippen LogP contribution in [0.3, 0.4) is 0 Å². The Morgan fingerprint density at radius 3 is 2.69 bits per heavy atom. The lowest BCUT2D eigenvalue weighted by molar-refractivity contribution is -0.105. The largest absolute Gasteiger partial charge is 0.495 e. The van der Waals surface area contributed by atoms with Gasteiger partial charge in [-0.2, -0.15) is 0 Å². The van der Waals surface area contributed by atoms with Gasteiger partial charge < -0.3 is 10.1 Å². The quantitative estimate of drug-likeness (QED) is 0.703. The molecule has 1 aromatic carbocycles. The molecular formula is C9H9NO3. The van der Waals surface area contributed by atoms with Crippen LogP contribution in [0.2, 0.25) is 0 Å². The molecule has 13 heavy (non-hydrogen) atoms. The van der Waals surface area contributed by atoms with E-state index in [1.807, 2.05) is 0 Å². The summed E-state index contributed by atoms with van der Waals surface area (Å²) in [6.45, 7) is 0. The number of hydrogen-bond donors (Lipinski definition) is 1. The molecule has 0 spiro atoms. The first-order valence-electron chi connectivity index (χ1n) is 3.65. The standard InChI is InChI=1S/C9H9NO3/c1-13-9-4-7(5-11)2-3-8(9)10-6-12/h2-6H,1H3,(H,10,12). The molecule has 0 saturated carbocycles. The maximum atomic E-state index is 10.4. The molecule has 1 aromatic rings. The zero-order valence-electron chi connectivity index (χ0n) is 7.11. The molecule has 0 unspecified atom stereocenters. The second-order valence-corrected chi connectivity index (χ2v) is 2.34. The second kappa shape index (κ2) is 4.25. The summed E-state index contributed by atoms with van der Waals surface area (Å²) in [5, 5.41) is 2.46. The first-order valence-corrected chi connectivity index (χ1v) is 3.65. The molecule has 1 N–H and O–H groups in total.